The molecule has 0 unspecified atom stereocenters. The fourth-order valence-corrected chi connectivity index (χ4v) is 2.96. The molecule has 0 radical (unpaired) electrons. The molecule has 0 fully saturated rings. The van der Waals surface area contributed by atoms with Crippen LogP contribution in [0, 0.1) is 0 Å². The first-order chi connectivity index (χ1) is 9.73. The average molecular weight is 279 g/mol. The van der Waals surface area contributed by atoms with Gasteiger partial charge in [-0.3, -0.25) is 4.68 Å². The standard InChI is InChI=1S/C17H33N3/c1-6-12-18-13-11-15-16(9-4)19-20(17(15)10-5)14(7-2)8-3/h14,18H,6-13H2,1-5H3. The second-order valence-corrected chi connectivity index (χ2v) is 5.49. The van der Waals surface area contributed by atoms with Crippen LogP contribution in [0.4, 0.5) is 0 Å². The van der Waals surface area contributed by atoms with Crippen molar-refractivity contribution in [2.45, 2.75) is 79.2 Å². The summed E-state index contributed by atoms with van der Waals surface area (Å²) >= 11 is 0. The smallest absolute Gasteiger partial charge is 0.0657 e. The van der Waals surface area contributed by atoms with Crippen molar-refractivity contribution >= 4 is 0 Å². The molecule has 0 amide bonds. The van der Waals surface area contributed by atoms with E-state index in [-0.39, 0.29) is 0 Å². The van der Waals surface area contributed by atoms with Gasteiger partial charge in [0, 0.05) is 5.69 Å². The molecule has 0 saturated carbocycles. The topological polar surface area (TPSA) is 29.9 Å². The minimum Gasteiger partial charge on any atom is -0.316 e. The van der Waals surface area contributed by atoms with Crippen LogP contribution in [0.3, 0.4) is 0 Å². The van der Waals surface area contributed by atoms with Gasteiger partial charge in [-0.1, -0.05) is 34.6 Å². The Hall–Kier alpha value is -0.830. The summed E-state index contributed by atoms with van der Waals surface area (Å²) < 4.78 is 2.33. The van der Waals surface area contributed by atoms with Gasteiger partial charge in [-0.2, -0.15) is 5.10 Å². The van der Waals surface area contributed by atoms with Crippen LogP contribution in [0.15, 0.2) is 0 Å². The molecule has 3 heteroatoms. The highest BCUT2D eigenvalue weighted by Crippen LogP contribution is 2.24. The molecule has 0 atom stereocenters. The highest BCUT2D eigenvalue weighted by Gasteiger charge is 2.18. The van der Waals surface area contributed by atoms with Crippen molar-refractivity contribution < 1.29 is 0 Å². The predicted octanol–water partition coefficient (Wildman–Crippen LogP) is 3.91. The summed E-state index contributed by atoms with van der Waals surface area (Å²) in [4.78, 5) is 0. The van der Waals surface area contributed by atoms with Crippen molar-refractivity contribution in [3.8, 4) is 0 Å². The van der Waals surface area contributed by atoms with Crippen LogP contribution in [-0.2, 0) is 19.3 Å². The van der Waals surface area contributed by atoms with E-state index in [0.29, 0.717) is 6.04 Å². The van der Waals surface area contributed by atoms with Crippen molar-refractivity contribution in [1.29, 1.82) is 0 Å². The van der Waals surface area contributed by atoms with E-state index in [2.05, 4.69) is 44.6 Å². The highest BCUT2D eigenvalue weighted by molar-refractivity contribution is 5.27. The average Bonchev–Trinajstić information content (AvgIpc) is 2.82. The number of nitrogens with one attached hydrogen (secondary N) is 1. The van der Waals surface area contributed by atoms with Gasteiger partial charge < -0.3 is 5.32 Å². The van der Waals surface area contributed by atoms with Crippen LogP contribution < -0.4 is 5.32 Å². The van der Waals surface area contributed by atoms with Crippen molar-refractivity contribution in [2.75, 3.05) is 13.1 Å². The lowest BCUT2D eigenvalue weighted by Crippen LogP contribution is -2.19. The SMILES string of the molecule is CCCNCCc1c(CC)nn(C(CC)CC)c1CC. The quantitative estimate of drug-likeness (QED) is 0.658. The van der Waals surface area contributed by atoms with Crippen LogP contribution in [0.25, 0.3) is 0 Å². The predicted molar refractivity (Wildman–Crippen MR) is 87.5 cm³/mol. The van der Waals surface area contributed by atoms with Crippen LogP contribution in [0.1, 0.15) is 76.9 Å². The van der Waals surface area contributed by atoms with E-state index in [1.54, 1.807) is 0 Å². The lowest BCUT2D eigenvalue weighted by molar-refractivity contribution is 0.413. The van der Waals surface area contributed by atoms with Crippen molar-refractivity contribution in [3.05, 3.63) is 17.0 Å². The lowest BCUT2D eigenvalue weighted by atomic mass is 10.0. The van der Waals surface area contributed by atoms with Crippen LogP contribution in [0.2, 0.25) is 0 Å². The number of aromatic nitrogens is 2. The Bertz CT molecular complexity index is 378. The van der Waals surface area contributed by atoms with Gasteiger partial charge in [0.15, 0.2) is 0 Å². The van der Waals surface area contributed by atoms with Crippen molar-refractivity contribution in [1.82, 2.24) is 15.1 Å². The monoisotopic (exact) mass is 279 g/mol. The van der Waals surface area contributed by atoms with Gasteiger partial charge in [0.2, 0.25) is 0 Å². The zero-order valence-electron chi connectivity index (χ0n) is 14.1. The van der Waals surface area contributed by atoms with Gasteiger partial charge >= 0.3 is 0 Å². The molecule has 1 N–H and O–H groups in total. The Balaban J connectivity index is 2.95. The Morgan fingerprint density at radius 3 is 2.20 bits per heavy atom. The van der Waals surface area contributed by atoms with Crippen molar-refractivity contribution in [2.24, 2.45) is 0 Å². The third-order valence-corrected chi connectivity index (χ3v) is 4.14. The third-order valence-electron chi connectivity index (χ3n) is 4.14. The van der Waals surface area contributed by atoms with Crippen molar-refractivity contribution in [3.63, 3.8) is 0 Å². The van der Waals surface area contributed by atoms with Gasteiger partial charge in [-0.05, 0) is 57.2 Å². The van der Waals surface area contributed by atoms with E-state index in [1.165, 1.54) is 36.2 Å². The Kier molecular flexibility index (Phi) is 7.90. The van der Waals surface area contributed by atoms with Crippen LogP contribution in [-0.4, -0.2) is 22.9 Å². The number of hydrogen-bond donors (Lipinski definition) is 1. The maximum absolute atomic E-state index is 4.93. The number of hydrogen-bond acceptors (Lipinski definition) is 2. The van der Waals surface area contributed by atoms with E-state index in [4.69, 9.17) is 5.10 Å². The van der Waals surface area contributed by atoms with E-state index in [0.717, 1.165) is 32.4 Å². The Labute approximate surface area is 125 Å². The summed E-state index contributed by atoms with van der Waals surface area (Å²) in [5, 5.41) is 8.44. The Morgan fingerprint density at radius 2 is 1.70 bits per heavy atom. The maximum atomic E-state index is 4.93. The summed E-state index contributed by atoms with van der Waals surface area (Å²) in [6, 6.07) is 0.563. The van der Waals surface area contributed by atoms with Gasteiger partial charge in [0.1, 0.15) is 0 Å². The molecule has 116 valence electrons. The first-order valence-corrected chi connectivity index (χ1v) is 8.53. The minimum absolute atomic E-state index is 0.563. The molecule has 3 nitrogen and oxygen atoms in total. The number of aryl methyl sites for hydroxylation is 1. The lowest BCUT2D eigenvalue weighted by Gasteiger charge is -2.17. The van der Waals surface area contributed by atoms with Gasteiger partial charge in [-0.25, -0.2) is 0 Å². The zero-order chi connectivity index (χ0) is 15.0. The molecular weight excluding hydrogens is 246 g/mol. The summed E-state index contributed by atoms with van der Waals surface area (Å²) in [7, 11) is 0. The summed E-state index contributed by atoms with van der Waals surface area (Å²) in [6.45, 7) is 13.4. The molecule has 1 rings (SSSR count). The van der Waals surface area contributed by atoms with Gasteiger partial charge in [-0.15, -0.1) is 0 Å². The first kappa shape index (κ1) is 17.2. The molecule has 20 heavy (non-hydrogen) atoms. The molecule has 0 saturated heterocycles. The molecule has 0 aliphatic heterocycles. The molecule has 1 heterocycles. The van der Waals surface area contributed by atoms with Gasteiger partial charge in [0.25, 0.3) is 0 Å². The van der Waals surface area contributed by atoms with Gasteiger partial charge in [0.05, 0.1) is 11.7 Å². The summed E-state index contributed by atoms with van der Waals surface area (Å²) in [6.07, 6.45) is 6.79. The fourth-order valence-electron chi connectivity index (χ4n) is 2.96. The second kappa shape index (κ2) is 9.17. The number of nitrogens with zero attached hydrogens (tertiary/aromatic N) is 2. The molecule has 0 spiro atoms. The molecule has 0 aliphatic rings. The molecule has 0 aromatic carbocycles. The van der Waals surface area contributed by atoms with E-state index in [9.17, 15) is 0 Å². The third kappa shape index (κ3) is 4.08. The molecule has 0 bridgehead atoms. The molecule has 1 aromatic heterocycles. The normalized spacial score (nSPS) is 11.5. The minimum atomic E-state index is 0.563. The van der Waals surface area contributed by atoms with E-state index in [1.807, 2.05) is 0 Å². The van der Waals surface area contributed by atoms with E-state index >= 15 is 0 Å². The zero-order valence-corrected chi connectivity index (χ0v) is 14.1. The first-order valence-electron chi connectivity index (χ1n) is 8.53. The summed E-state index contributed by atoms with van der Waals surface area (Å²) in [5.41, 5.74) is 4.28. The fraction of sp³-hybridized carbons (Fsp3) is 0.824. The second-order valence-electron chi connectivity index (χ2n) is 5.49. The molecular formula is C17H33N3. The largest absolute Gasteiger partial charge is 0.316 e. The highest BCUT2D eigenvalue weighted by atomic mass is 15.3. The summed E-state index contributed by atoms with van der Waals surface area (Å²) in [5.74, 6) is 0. The Morgan fingerprint density at radius 1 is 1.00 bits per heavy atom. The maximum Gasteiger partial charge on any atom is 0.0657 e. The van der Waals surface area contributed by atoms with E-state index < -0.39 is 0 Å². The molecule has 1 aromatic rings. The number of rotatable bonds is 10. The van der Waals surface area contributed by atoms with Crippen LogP contribution >= 0.6 is 0 Å². The molecule has 0 aliphatic carbocycles. The van der Waals surface area contributed by atoms with Crippen LogP contribution in [0.5, 0.6) is 0 Å².